The average Bonchev–Trinajstić information content (AvgIpc) is 2.25. The molecule has 0 saturated carbocycles. The number of phenolic OH excluding ortho intramolecular Hbond substituents is 1. The predicted molar refractivity (Wildman–Crippen MR) is 50.0 cm³/mol. The zero-order valence-electron chi connectivity index (χ0n) is 8.26. The van der Waals surface area contributed by atoms with Crippen molar-refractivity contribution in [2.45, 2.75) is 12.8 Å². The Morgan fingerprint density at radius 1 is 1.33 bits per heavy atom. The number of aliphatic hydroxyl groups is 1. The van der Waals surface area contributed by atoms with E-state index in [4.69, 9.17) is 10.2 Å². The summed E-state index contributed by atoms with van der Waals surface area (Å²) in [4.78, 5) is 0. The Morgan fingerprint density at radius 3 is 2.53 bits per heavy atom. The number of rotatable bonds is 4. The first-order chi connectivity index (χ1) is 7.11. The Balaban J connectivity index is 3.11. The molecular formula is C10H12F2O3. The minimum absolute atomic E-state index is 0.0973. The minimum atomic E-state index is -1.11. The molecule has 0 unspecified atom stereocenters. The second kappa shape index (κ2) is 4.93. The van der Waals surface area contributed by atoms with E-state index in [0.717, 1.165) is 0 Å². The molecule has 0 aromatic heterocycles. The van der Waals surface area contributed by atoms with E-state index in [0.29, 0.717) is 6.42 Å². The maximum atomic E-state index is 13.3. The lowest BCUT2D eigenvalue weighted by atomic mass is 10.1. The van der Waals surface area contributed by atoms with Crippen molar-refractivity contribution < 1.29 is 23.7 Å². The van der Waals surface area contributed by atoms with Gasteiger partial charge in [0.25, 0.3) is 0 Å². The topological polar surface area (TPSA) is 49.7 Å². The molecule has 0 aliphatic heterocycles. The highest BCUT2D eigenvalue weighted by molar-refractivity contribution is 5.41. The van der Waals surface area contributed by atoms with Gasteiger partial charge in [0.2, 0.25) is 5.82 Å². The molecule has 3 nitrogen and oxygen atoms in total. The molecule has 0 aliphatic carbocycles. The lowest BCUT2D eigenvalue weighted by molar-refractivity contribution is 0.287. The fraction of sp³-hybridized carbons (Fsp3) is 0.400. The third kappa shape index (κ3) is 2.36. The Bertz CT molecular complexity index is 353. The first-order valence-electron chi connectivity index (χ1n) is 4.46. The molecule has 0 spiro atoms. The summed E-state index contributed by atoms with van der Waals surface area (Å²) in [6, 6.07) is 1.18. The third-order valence-corrected chi connectivity index (χ3v) is 2.04. The first-order valence-corrected chi connectivity index (χ1v) is 4.46. The van der Waals surface area contributed by atoms with Crippen molar-refractivity contribution in [1.82, 2.24) is 0 Å². The highest BCUT2D eigenvalue weighted by atomic mass is 19.1. The zero-order chi connectivity index (χ0) is 11.4. The maximum Gasteiger partial charge on any atom is 0.209 e. The summed E-state index contributed by atoms with van der Waals surface area (Å²) in [5.41, 5.74) is 0.125. The highest BCUT2D eigenvalue weighted by Gasteiger charge is 2.17. The molecule has 0 fully saturated rings. The summed E-state index contributed by atoms with van der Waals surface area (Å²) in [7, 11) is 1.23. The van der Waals surface area contributed by atoms with E-state index in [9.17, 15) is 8.78 Å². The molecule has 5 heteroatoms. The molecule has 0 bridgehead atoms. The number of aliphatic hydroxyl groups excluding tert-OH is 1. The SMILES string of the molecule is COc1cc(CCCO)c(F)c(O)c1F. The Morgan fingerprint density at radius 2 is 2.00 bits per heavy atom. The molecule has 2 N–H and O–H groups in total. The molecule has 1 aromatic carbocycles. The van der Waals surface area contributed by atoms with E-state index in [1.807, 2.05) is 0 Å². The van der Waals surface area contributed by atoms with Crippen molar-refractivity contribution in [1.29, 1.82) is 0 Å². The lowest BCUT2D eigenvalue weighted by Crippen LogP contribution is -1.98. The van der Waals surface area contributed by atoms with Gasteiger partial charge in [-0.05, 0) is 24.5 Å². The van der Waals surface area contributed by atoms with Crippen LogP contribution in [0.5, 0.6) is 11.5 Å². The monoisotopic (exact) mass is 218 g/mol. The van der Waals surface area contributed by atoms with Crippen LogP contribution in [0.4, 0.5) is 8.78 Å². The van der Waals surface area contributed by atoms with Gasteiger partial charge in [-0.3, -0.25) is 0 Å². The molecule has 0 amide bonds. The Kier molecular flexibility index (Phi) is 3.85. The van der Waals surface area contributed by atoms with Crippen LogP contribution in [-0.2, 0) is 6.42 Å². The molecule has 1 aromatic rings. The summed E-state index contributed by atoms with van der Waals surface area (Å²) in [6.07, 6.45) is 0.553. The quantitative estimate of drug-likeness (QED) is 0.807. The molecule has 15 heavy (non-hydrogen) atoms. The van der Waals surface area contributed by atoms with Gasteiger partial charge in [-0.25, -0.2) is 4.39 Å². The number of hydrogen-bond acceptors (Lipinski definition) is 3. The molecule has 0 heterocycles. The normalized spacial score (nSPS) is 10.4. The standard InChI is InChI=1S/C10H12F2O3/c1-15-7-5-6(3-2-4-13)8(11)10(14)9(7)12/h5,13-14H,2-4H2,1H3. The lowest BCUT2D eigenvalue weighted by Gasteiger charge is -2.09. The van der Waals surface area contributed by atoms with Crippen LogP contribution in [0.15, 0.2) is 6.07 Å². The largest absolute Gasteiger partial charge is 0.503 e. The fourth-order valence-corrected chi connectivity index (χ4v) is 1.25. The van der Waals surface area contributed by atoms with E-state index in [-0.39, 0.29) is 24.3 Å². The van der Waals surface area contributed by atoms with E-state index in [2.05, 4.69) is 4.74 Å². The first kappa shape index (κ1) is 11.7. The number of aryl methyl sites for hydroxylation is 1. The van der Waals surface area contributed by atoms with Gasteiger partial charge < -0.3 is 14.9 Å². The molecule has 1 rings (SSSR count). The number of ether oxygens (including phenoxy) is 1. The van der Waals surface area contributed by atoms with Crippen molar-refractivity contribution in [3.05, 3.63) is 23.3 Å². The summed E-state index contributed by atoms with van der Waals surface area (Å²) < 4.78 is 31.0. The van der Waals surface area contributed by atoms with Crippen LogP contribution in [0.25, 0.3) is 0 Å². The average molecular weight is 218 g/mol. The van der Waals surface area contributed by atoms with Crippen LogP contribution < -0.4 is 4.74 Å². The number of hydrogen-bond donors (Lipinski definition) is 2. The van der Waals surface area contributed by atoms with E-state index in [1.54, 1.807) is 0 Å². The smallest absolute Gasteiger partial charge is 0.209 e. The zero-order valence-corrected chi connectivity index (χ0v) is 8.26. The predicted octanol–water partition coefficient (Wildman–Crippen LogP) is 1.60. The number of methoxy groups -OCH3 is 1. The molecule has 84 valence electrons. The van der Waals surface area contributed by atoms with E-state index in [1.165, 1.54) is 13.2 Å². The van der Waals surface area contributed by atoms with Gasteiger partial charge in [0.1, 0.15) is 0 Å². The fourth-order valence-electron chi connectivity index (χ4n) is 1.25. The van der Waals surface area contributed by atoms with Crippen molar-refractivity contribution in [2.24, 2.45) is 0 Å². The summed E-state index contributed by atoms with van der Waals surface area (Å²) >= 11 is 0. The number of phenols is 1. The maximum absolute atomic E-state index is 13.3. The number of benzene rings is 1. The summed E-state index contributed by atoms with van der Waals surface area (Å²) in [6.45, 7) is -0.0973. The van der Waals surface area contributed by atoms with Gasteiger partial charge in [0.15, 0.2) is 17.3 Å². The Labute approximate surface area is 85.9 Å². The second-order valence-electron chi connectivity index (χ2n) is 3.04. The van der Waals surface area contributed by atoms with Crippen molar-refractivity contribution in [2.75, 3.05) is 13.7 Å². The molecule has 0 aliphatic rings. The van der Waals surface area contributed by atoms with Crippen molar-refractivity contribution in [3.63, 3.8) is 0 Å². The molecule has 0 atom stereocenters. The van der Waals surface area contributed by atoms with Crippen LogP contribution in [0.1, 0.15) is 12.0 Å². The minimum Gasteiger partial charge on any atom is -0.503 e. The second-order valence-corrected chi connectivity index (χ2v) is 3.04. The van der Waals surface area contributed by atoms with Crippen molar-refractivity contribution >= 4 is 0 Å². The van der Waals surface area contributed by atoms with Gasteiger partial charge in [0, 0.05) is 6.61 Å². The Hall–Kier alpha value is -1.36. The summed E-state index contributed by atoms with van der Waals surface area (Å²) in [5, 5.41) is 17.7. The number of aromatic hydroxyl groups is 1. The molecular weight excluding hydrogens is 206 g/mol. The van der Waals surface area contributed by atoms with Crippen LogP contribution in [0.2, 0.25) is 0 Å². The van der Waals surface area contributed by atoms with E-state index < -0.39 is 17.4 Å². The van der Waals surface area contributed by atoms with Gasteiger partial charge >= 0.3 is 0 Å². The van der Waals surface area contributed by atoms with Crippen molar-refractivity contribution in [3.8, 4) is 11.5 Å². The van der Waals surface area contributed by atoms with Gasteiger partial charge in [-0.2, -0.15) is 4.39 Å². The highest BCUT2D eigenvalue weighted by Crippen LogP contribution is 2.31. The van der Waals surface area contributed by atoms with Gasteiger partial charge in [-0.15, -0.1) is 0 Å². The van der Waals surface area contributed by atoms with Crippen LogP contribution in [0.3, 0.4) is 0 Å². The van der Waals surface area contributed by atoms with Crippen LogP contribution >= 0.6 is 0 Å². The number of halogens is 2. The summed E-state index contributed by atoms with van der Waals surface area (Å²) in [5.74, 6) is -3.35. The molecule has 0 saturated heterocycles. The van der Waals surface area contributed by atoms with E-state index >= 15 is 0 Å². The van der Waals surface area contributed by atoms with Crippen LogP contribution in [0, 0.1) is 11.6 Å². The third-order valence-electron chi connectivity index (χ3n) is 2.04. The van der Waals surface area contributed by atoms with Gasteiger partial charge in [0.05, 0.1) is 7.11 Å². The molecule has 0 radical (unpaired) electrons. The van der Waals surface area contributed by atoms with Gasteiger partial charge in [-0.1, -0.05) is 0 Å². The van der Waals surface area contributed by atoms with Crippen LogP contribution in [-0.4, -0.2) is 23.9 Å².